The molecule has 2 amide bonds. The number of pyridine rings is 1. The molecule has 2 heterocycles. The van der Waals surface area contributed by atoms with Gasteiger partial charge in [0.2, 0.25) is 5.88 Å². The van der Waals surface area contributed by atoms with Crippen LogP contribution >= 0.6 is 0 Å². The predicted molar refractivity (Wildman–Crippen MR) is 85.6 cm³/mol. The first-order valence-corrected chi connectivity index (χ1v) is 7.30. The molecule has 0 aliphatic rings. The summed E-state index contributed by atoms with van der Waals surface area (Å²) in [5.74, 6) is 1.99. The first-order chi connectivity index (χ1) is 11.1. The molecule has 2 aromatic heterocycles. The van der Waals surface area contributed by atoms with Crippen LogP contribution < -0.4 is 15.4 Å². The van der Waals surface area contributed by atoms with Crippen LogP contribution in [0, 0.1) is 6.92 Å². The summed E-state index contributed by atoms with van der Waals surface area (Å²) in [7, 11) is 1.60. The van der Waals surface area contributed by atoms with E-state index in [9.17, 15) is 4.79 Å². The number of rotatable bonds is 7. The molecular weight excluding hydrogens is 298 g/mol. The normalized spacial score (nSPS) is 11.8. The summed E-state index contributed by atoms with van der Waals surface area (Å²) in [5, 5.41) is 5.50. The van der Waals surface area contributed by atoms with Crippen LogP contribution in [0.25, 0.3) is 0 Å². The Morgan fingerprint density at radius 3 is 2.74 bits per heavy atom. The first kappa shape index (κ1) is 16.8. The second-order valence-electron chi connectivity index (χ2n) is 4.99. The van der Waals surface area contributed by atoms with Crippen molar-refractivity contribution in [3.8, 4) is 5.88 Å². The van der Waals surface area contributed by atoms with Crippen LogP contribution in [0.15, 0.2) is 34.9 Å². The van der Waals surface area contributed by atoms with E-state index in [1.165, 1.54) is 6.20 Å². The highest BCUT2D eigenvalue weighted by Gasteiger charge is 2.12. The third-order valence-electron chi connectivity index (χ3n) is 3.07. The summed E-state index contributed by atoms with van der Waals surface area (Å²) < 4.78 is 15.7. The molecule has 0 spiro atoms. The van der Waals surface area contributed by atoms with Crippen LogP contribution in [0.1, 0.15) is 24.5 Å². The van der Waals surface area contributed by atoms with Gasteiger partial charge in [0.25, 0.3) is 0 Å². The van der Waals surface area contributed by atoms with Gasteiger partial charge in [-0.15, -0.1) is 0 Å². The van der Waals surface area contributed by atoms with Gasteiger partial charge >= 0.3 is 6.03 Å². The molecule has 0 aliphatic heterocycles. The maximum atomic E-state index is 12.0. The van der Waals surface area contributed by atoms with Crippen molar-refractivity contribution in [2.75, 3.05) is 25.6 Å². The molecule has 7 heteroatoms. The van der Waals surface area contributed by atoms with Gasteiger partial charge in [0.15, 0.2) is 0 Å². The minimum absolute atomic E-state index is 0.228. The van der Waals surface area contributed by atoms with Crippen LogP contribution in [0.5, 0.6) is 5.88 Å². The molecule has 2 aromatic rings. The first-order valence-electron chi connectivity index (χ1n) is 7.30. The summed E-state index contributed by atoms with van der Waals surface area (Å²) in [6.07, 6.45) is 1.53. The number of aromatic nitrogens is 1. The van der Waals surface area contributed by atoms with Crippen LogP contribution in [0.2, 0.25) is 0 Å². The lowest BCUT2D eigenvalue weighted by Crippen LogP contribution is -2.31. The highest BCUT2D eigenvalue weighted by atomic mass is 16.5. The molecule has 0 aromatic carbocycles. The van der Waals surface area contributed by atoms with Gasteiger partial charge in [0.05, 0.1) is 24.5 Å². The molecule has 0 saturated carbocycles. The molecule has 2 rings (SSSR count). The van der Waals surface area contributed by atoms with E-state index in [0.29, 0.717) is 30.5 Å². The number of carbonyl (C=O) groups excluding carboxylic acids is 1. The summed E-state index contributed by atoms with van der Waals surface area (Å²) >= 11 is 0. The number of hydrogen-bond acceptors (Lipinski definition) is 5. The van der Waals surface area contributed by atoms with Crippen LogP contribution in [-0.4, -0.2) is 31.3 Å². The van der Waals surface area contributed by atoms with Crippen molar-refractivity contribution in [2.24, 2.45) is 0 Å². The van der Waals surface area contributed by atoms with Crippen LogP contribution in [0.4, 0.5) is 10.5 Å². The zero-order valence-electron chi connectivity index (χ0n) is 13.5. The smallest absolute Gasteiger partial charge is 0.319 e. The van der Waals surface area contributed by atoms with Gasteiger partial charge in [-0.25, -0.2) is 9.78 Å². The number of anilines is 1. The van der Waals surface area contributed by atoms with Crippen molar-refractivity contribution in [1.29, 1.82) is 0 Å². The molecule has 0 fully saturated rings. The quantitative estimate of drug-likeness (QED) is 0.766. The van der Waals surface area contributed by atoms with E-state index in [0.717, 1.165) is 5.76 Å². The van der Waals surface area contributed by atoms with E-state index < -0.39 is 0 Å². The maximum absolute atomic E-state index is 12.0. The molecule has 0 bridgehead atoms. The highest BCUT2D eigenvalue weighted by Crippen LogP contribution is 2.16. The van der Waals surface area contributed by atoms with Gasteiger partial charge in [-0.1, -0.05) is 0 Å². The molecule has 2 N–H and O–H groups in total. The average molecular weight is 319 g/mol. The zero-order valence-corrected chi connectivity index (χ0v) is 13.5. The van der Waals surface area contributed by atoms with E-state index in [1.807, 2.05) is 26.0 Å². The number of amides is 2. The summed E-state index contributed by atoms with van der Waals surface area (Å²) in [6.45, 7) is 4.63. The molecule has 0 aliphatic carbocycles. The number of nitrogens with zero attached hydrogens (tertiary/aromatic N) is 1. The van der Waals surface area contributed by atoms with Crippen LogP contribution in [0.3, 0.4) is 0 Å². The summed E-state index contributed by atoms with van der Waals surface area (Å²) in [4.78, 5) is 16.1. The molecule has 0 unspecified atom stereocenters. The van der Waals surface area contributed by atoms with Gasteiger partial charge in [0, 0.05) is 13.2 Å². The number of furan rings is 1. The Labute approximate surface area is 135 Å². The van der Waals surface area contributed by atoms with E-state index in [1.54, 1.807) is 19.2 Å². The van der Waals surface area contributed by atoms with E-state index in [-0.39, 0.29) is 12.1 Å². The fourth-order valence-corrected chi connectivity index (χ4v) is 1.89. The topological polar surface area (TPSA) is 85.6 Å². The van der Waals surface area contributed by atoms with Crippen molar-refractivity contribution >= 4 is 11.7 Å². The van der Waals surface area contributed by atoms with Crippen molar-refractivity contribution in [3.05, 3.63) is 42.0 Å². The third kappa shape index (κ3) is 5.30. The zero-order chi connectivity index (χ0) is 16.7. The van der Waals surface area contributed by atoms with E-state index >= 15 is 0 Å². The predicted octanol–water partition coefficient (Wildman–Crippen LogP) is 2.89. The second-order valence-corrected chi connectivity index (χ2v) is 4.99. The monoisotopic (exact) mass is 319 g/mol. The standard InChI is InChI=1S/C16H21N3O4/c1-11-4-6-14(23-11)12(2)18-16(20)19-13-5-7-15(17-10-13)22-9-8-21-3/h4-7,10,12H,8-9H2,1-3H3,(H2,18,19,20)/t12-/m1/s1. The SMILES string of the molecule is COCCOc1ccc(NC(=O)N[C@H](C)c2ccc(C)o2)cn1. The largest absolute Gasteiger partial charge is 0.475 e. The number of urea groups is 1. The summed E-state index contributed by atoms with van der Waals surface area (Å²) in [6, 6.07) is 6.54. The lowest BCUT2D eigenvalue weighted by atomic mass is 10.2. The second kappa shape index (κ2) is 8.19. The lowest BCUT2D eigenvalue weighted by molar-refractivity contribution is 0.144. The van der Waals surface area contributed by atoms with Crippen molar-refractivity contribution in [2.45, 2.75) is 19.9 Å². The number of carbonyl (C=O) groups is 1. The number of ether oxygens (including phenoxy) is 2. The van der Waals surface area contributed by atoms with Gasteiger partial charge in [-0.2, -0.15) is 0 Å². The third-order valence-corrected chi connectivity index (χ3v) is 3.07. The Kier molecular flexibility index (Phi) is 5.99. The van der Waals surface area contributed by atoms with Gasteiger partial charge in [-0.05, 0) is 32.0 Å². The maximum Gasteiger partial charge on any atom is 0.319 e. The van der Waals surface area contributed by atoms with Gasteiger partial charge in [0.1, 0.15) is 18.1 Å². The van der Waals surface area contributed by atoms with E-state index in [2.05, 4.69) is 15.6 Å². The van der Waals surface area contributed by atoms with Gasteiger partial charge in [-0.3, -0.25) is 0 Å². The Balaban J connectivity index is 1.82. The molecule has 0 radical (unpaired) electrons. The molecule has 1 atom stereocenters. The van der Waals surface area contributed by atoms with Crippen molar-refractivity contribution in [3.63, 3.8) is 0 Å². The lowest BCUT2D eigenvalue weighted by Gasteiger charge is -2.12. The van der Waals surface area contributed by atoms with Crippen molar-refractivity contribution < 1.29 is 18.7 Å². The van der Waals surface area contributed by atoms with E-state index in [4.69, 9.17) is 13.9 Å². The number of aryl methyl sites for hydroxylation is 1. The molecule has 7 nitrogen and oxygen atoms in total. The minimum atomic E-state index is -0.332. The fraction of sp³-hybridized carbons (Fsp3) is 0.375. The minimum Gasteiger partial charge on any atom is -0.475 e. The highest BCUT2D eigenvalue weighted by molar-refractivity contribution is 5.89. The molecule has 124 valence electrons. The van der Waals surface area contributed by atoms with Crippen molar-refractivity contribution in [1.82, 2.24) is 10.3 Å². The number of hydrogen-bond donors (Lipinski definition) is 2. The molecule has 0 saturated heterocycles. The molecular formula is C16H21N3O4. The summed E-state index contributed by atoms with van der Waals surface area (Å²) in [5.41, 5.74) is 0.574. The Hall–Kier alpha value is -2.54. The molecule has 23 heavy (non-hydrogen) atoms. The Morgan fingerprint density at radius 2 is 2.13 bits per heavy atom. The fourth-order valence-electron chi connectivity index (χ4n) is 1.89. The number of nitrogens with one attached hydrogen (secondary N) is 2. The Bertz CT molecular complexity index is 625. The average Bonchev–Trinajstić information content (AvgIpc) is 2.96. The number of methoxy groups -OCH3 is 1. The van der Waals surface area contributed by atoms with Crippen LogP contribution in [-0.2, 0) is 4.74 Å². The van der Waals surface area contributed by atoms with Gasteiger partial charge < -0.3 is 24.5 Å². The Morgan fingerprint density at radius 1 is 1.30 bits per heavy atom.